The summed E-state index contributed by atoms with van der Waals surface area (Å²) in [4.78, 5) is 11.9. The van der Waals surface area contributed by atoms with Gasteiger partial charge in [0, 0.05) is 11.3 Å². The van der Waals surface area contributed by atoms with Gasteiger partial charge in [0.25, 0.3) is 0 Å². The van der Waals surface area contributed by atoms with Crippen LogP contribution in [0.5, 0.6) is 5.75 Å². The van der Waals surface area contributed by atoms with Gasteiger partial charge in [0.1, 0.15) is 18.2 Å². The number of hydrogen-bond acceptors (Lipinski definition) is 3. The van der Waals surface area contributed by atoms with Crippen LogP contribution < -0.4 is 15.8 Å². The first kappa shape index (κ1) is 17.0. The molecule has 0 fully saturated rings. The van der Waals surface area contributed by atoms with E-state index in [1.807, 2.05) is 13.8 Å². The molecule has 0 bridgehead atoms. The lowest BCUT2D eigenvalue weighted by Gasteiger charge is -2.15. The van der Waals surface area contributed by atoms with Crippen LogP contribution >= 0.6 is 0 Å². The first-order valence-corrected chi connectivity index (χ1v) is 7.50. The number of hydrogen-bond donors (Lipinski definition) is 2. The summed E-state index contributed by atoms with van der Waals surface area (Å²) in [6, 6.07) is 12.8. The van der Waals surface area contributed by atoms with E-state index in [2.05, 4.69) is 5.32 Å². The van der Waals surface area contributed by atoms with Gasteiger partial charge in [0.15, 0.2) is 0 Å². The number of anilines is 1. The molecule has 2 aromatic carbocycles. The van der Waals surface area contributed by atoms with Crippen LogP contribution in [0.15, 0.2) is 48.5 Å². The smallest absolute Gasteiger partial charge is 0.241 e. The zero-order valence-corrected chi connectivity index (χ0v) is 13.3. The molecule has 122 valence electrons. The number of nitrogens with one attached hydrogen (secondary N) is 1. The van der Waals surface area contributed by atoms with Gasteiger partial charge >= 0.3 is 0 Å². The fourth-order valence-corrected chi connectivity index (χ4v) is 1.94. The Morgan fingerprint density at radius 1 is 1.17 bits per heavy atom. The molecule has 0 heterocycles. The third kappa shape index (κ3) is 4.79. The second-order valence-electron chi connectivity index (χ2n) is 5.66. The fraction of sp³-hybridized carbons (Fsp3) is 0.278. The summed E-state index contributed by atoms with van der Waals surface area (Å²) in [5.41, 5.74) is 6.93. The molecule has 1 atom stereocenters. The second-order valence-corrected chi connectivity index (χ2v) is 5.66. The lowest BCUT2D eigenvalue weighted by molar-refractivity contribution is -0.118. The van der Waals surface area contributed by atoms with Crippen LogP contribution in [0.25, 0.3) is 0 Å². The van der Waals surface area contributed by atoms with Crippen molar-refractivity contribution in [3.63, 3.8) is 0 Å². The van der Waals surface area contributed by atoms with E-state index in [-0.39, 0.29) is 24.2 Å². The van der Waals surface area contributed by atoms with Gasteiger partial charge in [-0.25, -0.2) is 4.39 Å². The first-order valence-electron chi connectivity index (χ1n) is 7.50. The van der Waals surface area contributed by atoms with Crippen molar-refractivity contribution >= 4 is 11.6 Å². The van der Waals surface area contributed by atoms with Crippen LogP contribution in [-0.4, -0.2) is 11.9 Å². The Balaban J connectivity index is 1.92. The molecule has 0 saturated carbocycles. The lowest BCUT2D eigenvalue weighted by Crippen LogP contribution is -2.39. The van der Waals surface area contributed by atoms with Crippen molar-refractivity contribution in [1.82, 2.24) is 0 Å². The Bertz CT molecular complexity index is 656. The number of carbonyl (C=O) groups is 1. The van der Waals surface area contributed by atoms with Crippen molar-refractivity contribution in [3.8, 4) is 5.75 Å². The molecular formula is C18H21FN2O2. The van der Waals surface area contributed by atoms with Crippen LogP contribution in [0.3, 0.4) is 0 Å². The summed E-state index contributed by atoms with van der Waals surface area (Å²) < 4.78 is 19.0. The average Bonchev–Trinajstić information content (AvgIpc) is 2.54. The van der Waals surface area contributed by atoms with Gasteiger partial charge in [-0.1, -0.05) is 32.0 Å². The molecule has 1 amide bonds. The Kier molecular flexibility index (Phi) is 5.71. The molecule has 5 heteroatoms. The molecule has 0 aliphatic heterocycles. The van der Waals surface area contributed by atoms with Gasteiger partial charge in [-0.3, -0.25) is 4.79 Å². The van der Waals surface area contributed by atoms with Crippen molar-refractivity contribution in [2.24, 2.45) is 11.7 Å². The van der Waals surface area contributed by atoms with Gasteiger partial charge in [0.05, 0.1) is 6.04 Å². The Morgan fingerprint density at radius 2 is 1.83 bits per heavy atom. The standard InChI is InChI=1S/C18H21FN2O2/c1-12(2)17(20)18(22)21-14-7-9-15(10-8-14)23-11-13-5-3-4-6-16(13)19/h3-10,12,17H,11,20H2,1-2H3,(H,21,22)/t17-/m0/s1. The van der Waals surface area contributed by atoms with Crippen molar-refractivity contribution in [3.05, 3.63) is 59.9 Å². The predicted octanol–water partition coefficient (Wildman–Crippen LogP) is 3.33. The van der Waals surface area contributed by atoms with E-state index in [1.54, 1.807) is 42.5 Å². The summed E-state index contributed by atoms with van der Waals surface area (Å²) in [6.45, 7) is 3.93. The number of benzene rings is 2. The van der Waals surface area contributed by atoms with Gasteiger partial charge in [-0.2, -0.15) is 0 Å². The van der Waals surface area contributed by atoms with Crippen molar-refractivity contribution in [2.75, 3.05) is 5.32 Å². The van der Waals surface area contributed by atoms with Crippen LogP contribution in [0.4, 0.5) is 10.1 Å². The highest BCUT2D eigenvalue weighted by Crippen LogP contribution is 2.18. The topological polar surface area (TPSA) is 64.4 Å². The maximum Gasteiger partial charge on any atom is 0.241 e. The number of rotatable bonds is 6. The fourth-order valence-electron chi connectivity index (χ4n) is 1.94. The molecule has 0 radical (unpaired) electrons. The molecular weight excluding hydrogens is 295 g/mol. The minimum absolute atomic E-state index is 0.0679. The van der Waals surface area contributed by atoms with E-state index in [0.717, 1.165) is 0 Å². The van der Waals surface area contributed by atoms with Gasteiger partial charge in [-0.05, 0) is 36.2 Å². The quantitative estimate of drug-likeness (QED) is 0.859. The summed E-state index contributed by atoms with van der Waals surface area (Å²) >= 11 is 0. The molecule has 0 unspecified atom stereocenters. The minimum atomic E-state index is -0.549. The average molecular weight is 316 g/mol. The summed E-state index contributed by atoms with van der Waals surface area (Å²) in [5, 5.41) is 2.75. The van der Waals surface area contributed by atoms with E-state index in [1.165, 1.54) is 6.07 Å². The van der Waals surface area contributed by atoms with E-state index in [0.29, 0.717) is 17.0 Å². The SMILES string of the molecule is CC(C)[C@H](N)C(=O)Nc1ccc(OCc2ccccc2F)cc1. The third-order valence-electron chi connectivity index (χ3n) is 3.50. The van der Waals surface area contributed by atoms with E-state index >= 15 is 0 Å². The molecule has 0 aliphatic rings. The third-order valence-corrected chi connectivity index (χ3v) is 3.50. The molecule has 23 heavy (non-hydrogen) atoms. The zero-order chi connectivity index (χ0) is 16.8. The highest BCUT2D eigenvalue weighted by molar-refractivity contribution is 5.94. The normalized spacial score (nSPS) is 12.0. The highest BCUT2D eigenvalue weighted by Gasteiger charge is 2.17. The van der Waals surface area contributed by atoms with Crippen molar-refractivity contribution in [2.45, 2.75) is 26.5 Å². The molecule has 0 aliphatic carbocycles. The predicted molar refractivity (Wildman–Crippen MR) is 88.6 cm³/mol. The largest absolute Gasteiger partial charge is 0.489 e. The van der Waals surface area contributed by atoms with E-state index in [9.17, 15) is 9.18 Å². The molecule has 2 aromatic rings. The maximum atomic E-state index is 13.5. The molecule has 0 spiro atoms. The Morgan fingerprint density at radius 3 is 2.43 bits per heavy atom. The van der Waals surface area contributed by atoms with Crippen LogP contribution in [0.1, 0.15) is 19.4 Å². The molecule has 4 nitrogen and oxygen atoms in total. The Hall–Kier alpha value is -2.40. The summed E-state index contributed by atoms with van der Waals surface area (Å²) in [5.74, 6) is 0.150. The zero-order valence-electron chi connectivity index (χ0n) is 13.3. The van der Waals surface area contributed by atoms with Crippen molar-refractivity contribution in [1.29, 1.82) is 0 Å². The van der Waals surface area contributed by atoms with Gasteiger partial charge in [0.2, 0.25) is 5.91 Å². The highest BCUT2D eigenvalue weighted by atomic mass is 19.1. The molecule has 2 rings (SSSR count). The van der Waals surface area contributed by atoms with Crippen LogP contribution in [-0.2, 0) is 11.4 Å². The number of ether oxygens (including phenoxy) is 1. The first-order chi connectivity index (χ1) is 11.0. The number of nitrogens with two attached hydrogens (primary N) is 1. The molecule has 0 aromatic heterocycles. The monoisotopic (exact) mass is 316 g/mol. The van der Waals surface area contributed by atoms with Crippen LogP contribution in [0.2, 0.25) is 0 Å². The summed E-state index contributed by atoms with van der Waals surface area (Å²) in [6.07, 6.45) is 0. The number of carbonyl (C=O) groups excluding carboxylic acids is 1. The summed E-state index contributed by atoms with van der Waals surface area (Å²) in [7, 11) is 0. The Labute approximate surface area is 135 Å². The van der Waals surface area contributed by atoms with Gasteiger partial charge in [-0.15, -0.1) is 0 Å². The van der Waals surface area contributed by atoms with Crippen LogP contribution in [0, 0.1) is 11.7 Å². The van der Waals surface area contributed by atoms with E-state index < -0.39 is 6.04 Å². The molecule has 0 saturated heterocycles. The van der Waals surface area contributed by atoms with E-state index in [4.69, 9.17) is 10.5 Å². The second kappa shape index (κ2) is 7.74. The number of amides is 1. The molecule has 3 N–H and O–H groups in total. The lowest BCUT2D eigenvalue weighted by atomic mass is 10.1. The maximum absolute atomic E-state index is 13.5. The van der Waals surface area contributed by atoms with Crippen molar-refractivity contribution < 1.29 is 13.9 Å². The minimum Gasteiger partial charge on any atom is -0.489 e. The van der Waals surface area contributed by atoms with Gasteiger partial charge < -0.3 is 15.8 Å². The number of halogens is 1.